The second kappa shape index (κ2) is 3.81. The number of hydrogen-bond donors (Lipinski definition) is 0. The predicted octanol–water partition coefficient (Wildman–Crippen LogP) is 2.67. The average molecular weight is 199 g/mol. The molecule has 0 saturated carbocycles. The number of carbonyl (C=O) groups is 1. The number of aromatic nitrogens is 1. The van der Waals surface area contributed by atoms with Crippen LogP contribution in [0.4, 0.5) is 0 Å². The van der Waals surface area contributed by atoms with Crippen molar-refractivity contribution >= 4 is 16.7 Å². The van der Waals surface area contributed by atoms with Crippen molar-refractivity contribution < 1.29 is 4.79 Å². The van der Waals surface area contributed by atoms with E-state index in [0.29, 0.717) is 6.42 Å². The Morgan fingerprint density at radius 3 is 2.80 bits per heavy atom. The summed E-state index contributed by atoms with van der Waals surface area (Å²) in [5.74, 6) is 0.189. The normalized spacial score (nSPS) is 10.5. The molecular formula is C13H13NO. The van der Waals surface area contributed by atoms with E-state index >= 15 is 0 Å². The van der Waals surface area contributed by atoms with Crippen molar-refractivity contribution in [3.05, 3.63) is 41.6 Å². The van der Waals surface area contributed by atoms with Crippen LogP contribution in [0, 0.1) is 6.92 Å². The van der Waals surface area contributed by atoms with Crippen LogP contribution in [0.5, 0.6) is 0 Å². The number of carbonyl (C=O) groups excluding carboxylic acids is 1. The maximum absolute atomic E-state index is 11.0. The zero-order valence-corrected chi connectivity index (χ0v) is 8.95. The summed E-state index contributed by atoms with van der Waals surface area (Å²) in [7, 11) is 0. The van der Waals surface area contributed by atoms with Crippen molar-refractivity contribution in [2.45, 2.75) is 20.3 Å². The minimum absolute atomic E-state index is 0.189. The second-order valence-electron chi connectivity index (χ2n) is 3.86. The molecule has 0 radical (unpaired) electrons. The van der Waals surface area contributed by atoms with Gasteiger partial charge in [0.2, 0.25) is 0 Å². The number of ketones is 1. The first-order valence-corrected chi connectivity index (χ1v) is 5.01. The van der Waals surface area contributed by atoms with E-state index in [-0.39, 0.29) is 5.78 Å². The molecule has 0 aliphatic rings. The smallest absolute Gasteiger partial charge is 0.134 e. The van der Waals surface area contributed by atoms with Crippen molar-refractivity contribution in [3.8, 4) is 0 Å². The molecule has 0 unspecified atom stereocenters. The minimum Gasteiger partial charge on any atom is -0.300 e. The Morgan fingerprint density at radius 2 is 2.07 bits per heavy atom. The molecule has 0 atom stereocenters. The van der Waals surface area contributed by atoms with Gasteiger partial charge in [0.05, 0.1) is 5.52 Å². The van der Waals surface area contributed by atoms with E-state index in [9.17, 15) is 4.79 Å². The Balaban J connectivity index is 2.47. The third kappa shape index (κ3) is 2.21. The van der Waals surface area contributed by atoms with Crippen LogP contribution < -0.4 is 0 Å². The van der Waals surface area contributed by atoms with Gasteiger partial charge in [-0.15, -0.1) is 0 Å². The third-order valence-electron chi connectivity index (χ3n) is 2.35. The zero-order valence-electron chi connectivity index (χ0n) is 8.95. The van der Waals surface area contributed by atoms with E-state index in [1.807, 2.05) is 37.3 Å². The van der Waals surface area contributed by atoms with E-state index < -0.39 is 0 Å². The highest BCUT2D eigenvalue weighted by atomic mass is 16.1. The van der Waals surface area contributed by atoms with E-state index in [4.69, 9.17) is 0 Å². The largest absolute Gasteiger partial charge is 0.300 e. The van der Waals surface area contributed by atoms with Gasteiger partial charge in [-0.25, -0.2) is 0 Å². The zero-order chi connectivity index (χ0) is 10.8. The van der Waals surface area contributed by atoms with Crippen LogP contribution in [0.25, 0.3) is 10.9 Å². The van der Waals surface area contributed by atoms with E-state index in [1.165, 1.54) is 0 Å². The standard InChI is InChI=1S/C13H13NO/c1-9-3-5-12-8-11(7-10(2)15)4-6-13(12)14-9/h3-6,8H,7H2,1-2H3. The van der Waals surface area contributed by atoms with Gasteiger partial charge in [0.1, 0.15) is 5.78 Å². The monoisotopic (exact) mass is 199 g/mol. The molecule has 2 nitrogen and oxygen atoms in total. The summed E-state index contributed by atoms with van der Waals surface area (Å²) in [5.41, 5.74) is 3.06. The molecule has 0 aliphatic heterocycles. The molecule has 1 aromatic carbocycles. The highest BCUT2D eigenvalue weighted by Crippen LogP contribution is 2.15. The van der Waals surface area contributed by atoms with Gasteiger partial charge in [-0.1, -0.05) is 12.1 Å². The second-order valence-corrected chi connectivity index (χ2v) is 3.86. The van der Waals surface area contributed by atoms with Gasteiger partial charge >= 0.3 is 0 Å². The maximum Gasteiger partial charge on any atom is 0.134 e. The molecule has 0 spiro atoms. The summed E-state index contributed by atoms with van der Waals surface area (Å²) < 4.78 is 0. The van der Waals surface area contributed by atoms with Crippen molar-refractivity contribution in [2.24, 2.45) is 0 Å². The van der Waals surface area contributed by atoms with Gasteiger partial charge in [0.25, 0.3) is 0 Å². The van der Waals surface area contributed by atoms with Gasteiger partial charge in [-0.2, -0.15) is 0 Å². The molecule has 2 rings (SSSR count). The van der Waals surface area contributed by atoms with Gasteiger partial charge in [-0.3, -0.25) is 9.78 Å². The molecule has 2 aromatic rings. The molecular weight excluding hydrogens is 186 g/mol. The summed E-state index contributed by atoms with van der Waals surface area (Å²) in [6, 6.07) is 10.0. The van der Waals surface area contributed by atoms with Crippen molar-refractivity contribution in [3.63, 3.8) is 0 Å². The fourth-order valence-corrected chi connectivity index (χ4v) is 1.67. The molecule has 15 heavy (non-hydrogen) atoms. The van der Waals surface area contributed by atoms with Crippen LogP contribution in [0.2, 0.25) is 0 Å². The molecule has 0 aliphatic carbocycles. The van der Waals surface area contributed by atoms with Crippen molar-refractivity contribution in [1.29, 1.82) is 0 Å². The molecule has 1 aromatic heterocycles. The van der Waals surface area contributed by atoms with Gasteiger partial charge < -0.3 is 0 Å². The fraction of sp³-hybridized carbons (Fsp3) is 0.231. The van der Waals surface area contributed by atoms with Crippen molar-refractivity contribution in [2.75, 3.05) is 0 Å². The number of hydrogen-bond acceptors (Lipinski definition) is 2. The van der Waals surface area contributed by atoms with Crippen LogP contribution in [-0.2, 0) is 11.2 Å². The lowest BCUT2D eigenvalue weighted by Gasteiger charge is -2.02. The Morgan fingerprint density at radius 1 is 1.27 bits per heavy atom. The fourth-order valence-electron chi connectivity index (χ4n) is 1.67. The number of benzene rings is 1. The number of aryl methyl sites for hydroxylation is 1. The summed E-state index contributed by atoms with van der Waals surface area (Å²) >= 11 is 0. The SMILES string of the molecule is CC(=O)Cc1ccc2nc(C)ccc2c1. The Labute approximate surface area is 89.0 Å². The number of nitrogens with zero attached hydrogens (tertiary/aromatic N) is 1. The van der Waals surface area contributed by atoms with E-state index in [0.717, 1.165) is 22.2 Å². The number of fused-ring (bicyclic) bond motifs is 1. The van der Waals surface area contributed by atoms with Crippen LogP contribution in [0.15, 0.2) is 30.3 Å². The highest BCUT2D eigenvalue weighted by Gasteiger charge is 2.00. The first-order chi connectivity index (χ1) is 7.15. The highest BCUT2D eigenvalue weighted by molar-refractivity contribution is 5.83. The van der Waals surface area contributed by atoms with Crippen LogP contribution in [0.1, 0.15) is 18.2 Å². The predicted molar refractivity (Wildman–Crippen MR) is 60.9 cm³/mol. The van der Waals surface area contributed by atoms with Crippen LogP contribution >= 0.6 is 0 Å². The molecule has 2 heteroatoms. The summed E-state index contributed by atoms with van der Waals surface area (Å²) in [6.45, 7) is 3.58. The molecule has 76 valence electrons. The third-order valence-corrected chi connectivity index (χ3v) is 2.35. The lowest BCUT2D eigenvalue weighted by atomic mass is 10.1. The Kier molecular flexibility index (Phi) is 2.50. The molecule has 0 fully saturated rings. The quantitative estimate of drug-likeness (QED) is 0.744. The van der Waals surface area contributed by atoms with Crippen LogP contribution in [-0.4, -0.2) is 10.8 Å². The van der Waals surface area contributed by atoms with Gasteiger partial charge in [-0.05, 0) is 37.6 Å². The van der Waals surface area contributed by atoms with Crippen LogP contribution in [0.3, 0.4) is 0 Å². The summed E-state index contributed by atoms with van der Waals surface area (Å²) in [4.78, 5) is 15.4. The lowest BCUT2D eigenvalue weighted by molar-refractivity contribution is -0.116. The molecule has 0 amide bonds. The van der Waals surface area contributed by atoms with Gasteiger partial charge in [0.15, 0.2) is 0 Å². The minimum atomic E-state index is 0.189. The van der Waals surface area contributed by atoms with E-state index in [2.05, 4.69) is 4.98 Å². The van der Waals surface area contributed by atoms with E-state index in [1.54, 1.807) is 6.92 Å². The molecule has 0 saturated heterocycles. The molecule has 0 N–H and O–H groups in total. The maximum atomic E-state index is 11.0. The number of pyridine rings is 1. The summed E-state index contributed by atoms with van der Waals surface area (Å²) in [6.07, 6.45) is 0.504. The van der Waals surface area contributed by atoms with Gasteiger partial charge in [0, 0.05) is 17.5 Å². The Hall–Kier alpha value is -1.70. The number of Topliss-reactive ketones (excluding diaryl/α,β-unsaturated/α-hetero) is 1. The molecule has 1 heterocycles. The van der Waals surface area contributed by atoms with Crippen molar-refractivity contribution in [1.82, 2.24) is 4.98 Å². The molecule has 0 bridgehead atoms. The first-order valence-electron chi connectivity index (χ1n) is 5.01. The summed E-state index contributed by atoms with van der Waals surface area (Å²) in [5, 5.41) is 1.10. The average Bonchev–Trinajstić information content (AvgIpc) is 2.17. The topological polar surface area (TPSA) is 30.0 Å². The Bertz CT molecular complexity index is 517. The first kappa shape index (κ1) is 9.84. The number of rotatable bonds is 2. The lowest BCUT2D eigenvalue weighted by Crippen LogP contribution is -1.96.